The molecule has 8 heteroatoms. The van der Waals surface area contributed by atoms with Crippen LogP contribution in [0.25, 0.3) is 0 Å². The third kappa shape index (κ3) is 5.04. The van der Waals surface area contributed by atoms with Gasteiger partial charge in [-0.1, -0.05) is 6.92 Å². The van der Waals surface area contributed by atoms with Crippen LogP contribution in [0, 0.1) is 5.92 Å². The van der Waals surface area contributed by atoms with E-state index in [1.54, 1.807) is 0 Å². The van der Waals surface area contributed by atoms with Crippen LogP contribution in [0.1, 0.15) is 26.2 Å². The summed E-state index contributed by atoms with van der Waals surface area (Å²) in [6, 6.07) is -2.12. The lowest BCUT2D eigenvalue weighted by atomic mass is 10.00. The smallest absolute Gasteiger partial charge is 0.326 e. The SMILES string of the molecule is CCC1OCCC1CNC(=O)N[C@H](CC(=O)O)C(=O)O. The fourth-order valence-electron chi connectivity index (χ4n) is 2.19. The number of ether oxygens (including phenoxy) is 1. The van der Waals surface area contributed by atoms with Crippen molar-refractivity contribution in [3.05, 3.63) is 0 Å². The van der Waals surface area contributed by atoms with Crippen molar-refractivity contribution in [1.82, 2.24) is 10.6 Å². The van der Waals surface area contributed by atoms with Crippen molar-refractivity contribution < 1.29 is 29.3 Å². The van der Waals surface area contributed by atoms with Gasteiger partial charge >= 0.3 is 18.0 Å². The maximum absolute atomic E-state index is 11.6. The monoisotopic (exact) mass is 288 g/mol. The Balaban J connectivity index is 2.38. The molecule has 114 valence electrons. The number of nitrogens with one attached hydrogen (secondary N) is 2. The van der Waals surface area contributed by atoms with Gasteiger partial charge in [-0.3, -0.25) is 4.79 Å². The fourth-order valence-corrected chi connectivity index (χ4v) is 2.19. The van der Waals surface area contributed by atoms with Crippen LogP contribution in [0.4, 0.5) is 4.79 Å². The van der Waals surface area contributed by atoms with Crippen LogP contribution in [0.2, 0.25) is 0 Å². The van der Waals surface area contributed by atoms with E-state index in [2.05, 4.69) is 10.6 Å². The van der Waals surface area contributed by atoms with E-state index in [1.807, 2.05) is 6.92 Å². The predicted octanol–water partition coefficient (Wildman–Crippen LogP) is 0.0286. The maximum Gasteiger partial charge on any atom is 0.326 e. The molecule has 1 heterocycles. The molecule has 0 aromatic rings. The summed E-state index contributed by atoms with van der Waals surface area (Å²) in [6.07, 6.45) is 1.14. The molecule has 0 aromatic heterocycles. The number of rotatable bonds is 7. The number of amides is 2. The number of aliphatic carboxylic acids is 2. The van der Waals surface area contributed by atoms with E-state index in [0.717, 1.165) is 12.8 Å². The topological polar surface area (TPSA) is 125 Å². The van der Waals surface area contributed by atoms with Crippen molar-refractivity contribution in [2.75, 3.05) is 13.2 Å². The Morgan fingerprint density at radius 1 is 1.35 bits per heavy atom. The molecule has 1 rings (SSSR count). The Labute approximate surface area is 116 Å². The van der Waals surface area contributed by atoms with Crippen molar-refractivity contribution in [3.8, 4) is 0 Å². The second-order valence-corrected chi connectivity index (χ2v) is 4.71. The molecule has 3 atom stereocenters. The lowest BCUT2D eigenvalue weighted by Gasteiger charge is -2.18. The molecule has 4 N–H and O–H groups in total. The molecule has 1 fully saturated rings. The largest absolute Gasteiger partial charge is 0.481 e. The average molecular weight is 288 g/mol. The number of carboxylic acid groups (broad SMARTS) is 2. The van der Waals surface area contributed by atoms with Crippen molar-refractivity contribution in [1.29, 1.82) is 0 Å². The molecule has 1 aliphatic heterocycles. The molecule has 1 aliphatic rings. The van der Waals surface area contributed by atoms with Crippen molar-refractivity contribution in [3.63, 3.8) is 0 Å². The van der Waals surface area contributed by atoms with Gasteiger partial charge in [-0.25, -0.2) is 9.59 Å². The van der Waals surface area contributed by atoms with Crippen molar-refractivity contribution in [2.45, 2.75) is 38.3 Å². The fraction of sp³-hybridized carbons (Fsp3) is 0.750. The van der Waals surface area contributed by atoms with Gasteiger partial charge in [-0.05, 0) is 12.8 Å². The van der Waals surface area contributed by atoms with Crippen molar-refractivity contribution in [2.24, 2.45) is 5.92 Å². The second-order valence-electron chi connectivity index (χ2n) is 4.71. The van der Waals surface area contributed by atoms with Crippen LogP contribution >= 0.6 is 0 Å². The first kappa shape index (κ1) is 16.2. The van der Waals surface area contributed by atoms with E-state index in [1.165, 1.54) is 0 Å². The van der Waals surface area contributed by atoms with Gasteiger partial charge in [-0.2, -0.15) is 0 Å². The van der Waals surface area contributed by atoms with Crippen LogP contribution in [0.15, 0.2) is 0 Å². The highest BCUT2D eigenvalue weighted by molar-refractivity contribution is 5.86. The summed E-state index contributed by atoms with van der Waals surface area (Å²) in [7, 11) is 0. The van der Waals surface area contributed by atoms with Crippen LogP contribution in [-0.4, -0.2) is 53.5 Å². The zero-order valence-electron chi connectivity index (χ0n) is 11.3. The molecule has 0 radical (unpaired) electrons. The second kappa shape index (κ2) is 7.68. The Morgan fingerprint density at radius 2 is 2.05 bits per heavy atom. The van der Waals surface area contributed by atoms with Crippen LogP contribution in [0.5, 0.6) is 0 Å². The Kier molecular flexibility index (Phi) is 6.23. The molecule has 1 saturated heterocycles. The highest BCUT2D eigenvalue weighted by Crippen LogP contribution is 2.22. The van der Waals surface area contributed by atoms with Gasteiger partial charge in [-0.15, -0.1) is 0 Å². The zero-order valence-corrected chi connectivity index (χ0v) is 11.3. The summed E-state index contributed by atoms with van der Waals surface area (Å²) in [5, 5.41) is 22.1. The lowest BCUT2D eigenvalue weighted by Crippen LogP contribution is -2.48. The van der Waals surface area contributed by atoms with E-state index < -0.39 is 30.4 Å². The average Bonchev–Trinajstić information content (AvgIpc) is 2.82. The molecule has 0 aromatic carbocycles. The summed E-state index contributed by atoms with van der Waals surface area (Å²) in [6.45, 7) is 3.03. The summed E-state index contributed by atoms with van der Waals surface area (Å²) in [5.41, 5.74) is 0. The number of carbonyl (C=O) groups excluding carboxylic acids is 1. The van der Waals surface area contributed by atoms with Crippen molar-refractivity contribution >= 4 is 18.0 Å². The molecule has 0 spiro atoms. The molecule has 8 nitrogen and oxygen atoms in total. The lowest BCUT2D eigenvalue weighted by molar-refractivity contribution is -0.145. The third-order valence-corrected chi connectivity index (χ3v) is 3.26. The summed E-state index contributed by atoms with van der Waals surface area (Å²) in [5.74, 6) is -2.46. The summed E-state index contributed by atoms with van der Waals surface area (Å²) in [4.78, 5) is 32.9. The zero-order chi connectivity index (χ0) is 15.1. The summed E-state index contributed by atoms with van der Waals surface area (Å²) >= 11 is 0. The summed E-state index contributed by atoms with van der Waals surface area (Å²) < 4.78 is 5.48. The van der Waals surface area contributed by atoms with E-state index in [-0.39, 0.29) is 12.0 Å². The van der Waals surface area contributed by atoms with Gasteiger partial charge < -0.3 is 25.6 Å². The standard InChI is InChI=1S/C12H20N2O6/c1-2-9-7(3-4-20-9)6-13-12(19)14-8(11(17)18)5-10(15)16/h7-9H,2-6H2,1H3,(H,15,16)(H,17,18)(H2,13,14,19)/t7?,8-,9?/m1/s1. The van der Waals surface area contributed by atoms with E-state index in [4.69, 9.17) is 14.9 Å². The molecule has 2 unspecified atom stereocenters. The number of carboxylic acids is 2. The van der Waals surface area contributed by atoms with Gasteiger partial charge in [0.05, 0.1) is 12.5 Å². The minimum atomic E-state index is -1.44. The number of carbonyl (C=O) groups is 3. The minimum Gasteiger partial charge on any atom is -0.481 e. The number of hydrogen-bond donors (Lipinski definition) is 4. The van der Waals surface area contributed by atoms with Gasteiger partial charge in [0, 0.05) is 19.1 Å². The van der Waals surface area contributed by atoms with Crippen LogP contribution in [0.3, 0.4) is 0 Å². The molecule has 0 saturated carbocycles. The third-order valence-electron chi connectivity index (χ3n) is 3.26. The number of hydrogen-bond acceptors (Lipinski definition) is 4. The first-order chi connectivity index (χ1) is 9.43. The van der Waals surface area contributed by atoms with Crippen LogP contribution < -0.4 is 10.6 Å². The first-order valence-corrected chi connectivity index (χ1v) is 6.54. The molecule has 0 aliphatic carbocycles. The van der Waals surface area contributed by atoms with Gasteiger partial charge in [0.2, 0.25) is 0 Å². The minimum absolute atomic E-state index is 0.101. The highest BCUT2D eigenvalue weighted by atomic mass is 16.5. The Hall–Kier alpha value is -1.83. The van der Waals surface area contributed by atoms with Crippen LogP contribution in [-0.2, 0) is 14.3 Å². The molecular formula is C12H20N2O6. The van der Waals surface area contributed by atoms with Gasteiger partial charge in [0.1, 0.15) is 6.04 Å². The first-order valence-electron chi connectivity index (χ1n) is 6.54. The molecule has 2 amide bonds. The molecule has 20 heavy (non-hydrogen) atoms. The number of urea groups is 1. The van der Waals surface area contributed by atoms with E-state index in [9.17, 15) is 14.4 Å². The maximum atomic E-state index is 11.6. The quantitative estimate of drug-likeness (QED) is 0.523. The van der Waals surface area contributed by atoms with Gasteiger partial charge in [0.15, 0.2) is 0 Å². The predicted molar refractivity (Wildman–Crippen MR) is 68.3 cm³/mol. The Bertz CT molecular complexity index is 373. The van der Waals surface area contributed by atoms with Gasteiger partial charge in [0.25, 0.3) is 0 Å². The molecular weight excluding hydrogens is 268 g/mol. The van der Waals surface area contributed by atoms with E-state index >= 15 is 0 Å². The highest BCUT2D eigenvalue weighted by Gasteiger charge is 2.28. The van der Waals surface area contributed by atoms with E-state index in [0.29, 0.717) is 13.2 Å². The Morgan fingerprint density at radius 3 is 2.60 bits per heavy atom. The normalized spacial score (nSPS) is 23.1. The molecule has 0 bridgehead atoms.